The van der Waals surface area contributed by atoms with E-state index in [0.717, 1.165) is 44.2 Å². The average Bonchev–Trinajstić information content (AvgIpc) is 3.30. The van der Waals surface area contributed by atoms with E-state index in [-0.39, 0.29) is 11.9 Å². The van der Waals surface area contributed by atoms with Gasteiger partial charge in [0.25, 0.3) is 5.91 Å². The molecule has 8 heteroatoms. The Hall–Kier alpha value is -2.58. The van der Waals surface area contributed by atoms with Gasteiger partial charge < -0.3 is 29.1 Å². The molecule has 0 aliphatic carbocycles. The summed E-state index contributed by atoms with van der Waals surface area (Å²) in [6, 6.07) is 7.78. The third-order valence-corrected chi connectivity index (χ3v) is 5.38. The van der Waals surface area contributed by atoms with E-state index in [0.29, 0.717) is 18.4 Å². The van der Waals surface area contributed by atoms with Gasteiger partial charge in [-0.2, -0.15) is 0 Å². The number of nitrogens with zero attached hydrogens (tertiary/aromatic N) is 1. The number of rotatable bonds is 5. The summed E-state index contributed by atoms with van der Waals surface area (Å²) in [5.74, 6) is 2.81. The molecule has 0 unspecified atom stereocenters. The molecule has 0 bridgehead atoms. The van der Waals surface area contributed by atoms with Crippen LogP contribution in [0.2, 0.25) is 0 Å². The quantitative estimate of drug-likeness (QED) is 0.627. The van der Waals surface area contributed by atoms with Gasteiger partial charge in [0, 0.05) is 11.6 Å². The summed E-state index contributed by atoms with van der Waals surface area (Å²) < 4.78 is 15.8. The smallest absolute Gasteiger partial charge is 0.283 e. The summed E-state index contributed by atoms with van der Waals surface area (Å²) in [6.07, 6.45) is 0. The predicted octanol–water partition coefficient (Wildman–Crippen LogP) is -0.978. The van der Waals surface area contributed by atoms with Crippen molar-refractivity contribution in [1.82, 2.24) is 5.16 Å². The van der Waals surface area contributed by atoms with Crippen molar-refractivity contribution in [2.75, 3.05) is 38.3 Å². The molecule has 1 saturated heterocycles. The summed E-state index contributed by atoms with van der Waals surface area (Å²) in [5, 5.41) is 6.66. The number of quaternary nitrogens is 2. The third kappa shape index (κ3) is 4.06. The van der Waals surface area contributed by atoms with Crippen LogP contribution in [0.25, 0.3) is 0 Å². The van der Waals surface area contributed by atoms with Crippen molar-refractivity contribution < 1.29 is 28.6 Å². The lowest BCUT2D eigenvalue weighted by atomic mass is 10.1. The van der Waals surface area contributed by atoms with Crippen LogP contribution in [-0.2, 0) is 11.3 Å². The minimum absolute atomic E-state index is 0.0162. The minimum atomic E-state index is -0.117. The molecular weight excluding hydrogens is 348 g/mol. The molecule has 0 spiro atoms. The number of hydrogen-bond donors (Lipinski definition) is 3. The zero-order valence-electron chi connectivity index (χ0n) is 15.7. The highest BCUT2D eigenvalue weighted by molar-refractivity contribution is 5.92. The predicted molar refractivity (Wildman–Crippen MR) is 97.0 cm³/mol. The van der Waals surface area contributed by atoms with Gasteiger partial charge in [0.05, 0.1) is 0 Å². The Labute approximate surface area is 158 Å². The number of ether oxygens (including phenoxy) is 2. The molecule has 1 aromatic heterocycles. The fourth-order valence-corrected chi connectivity index (χ4v) is 3.72. The third-order valence-electron chi connectivity index (χ3n) is 5.38. The van der Waals surface area contributed by atoms with E-state index in [1.54, 1.807) is 13.0 Å². The lowest BCUT2D eigenvalue weighted by Crippen LogP contribution is -3.29. The number of benzene rings is 1. The monoisotopic (exact) mass is 374 g/mol. The number of nitrogens with one attached hydrogen (secondary N) is 3. The molecule has 1 fully saturated rings. The van der Waals surface area contributed by atoms with Gasteiger partial charge in [-0.15, -0.1) is 0 Å². The van der Waals surface area contributed by atoms with Crippen LogP contribution < -0.4 is 24.6 Å². The number of hydrogen-bond acceptors (Lipinski definition) is 5. The van der Waals surface area contributed by atoms with Crippen LogP contribution in [0.4, 0.5) is 5.82 Å². The first-order valence-electron chi connectivity index (χ1n) is 9.39. The lowest BCUT2D eigenvalue weighted by molar-refractivity contribution is -1.02. The highest BCUT2D eigenvalue weighted by Crippen LogP contribution is 2.32. The number of aryl methyl sites for hydroxylation is 1. The zero-order chi connectivity index (χ0) is 18.8. The minimum Gasteiger partial charge on any atom is -0.454 e. The molecule has 1 atom stereocenters. The maximum Gasteiger partial charge on any atom is 0.283 e. The Bertz CT molecular complexity index is 814. The molecule has 0 saturated carbocycles. The van der Waals surface area contributed by atoms with E-state index in [2.05, 4.69) is 22.6 Å². The SMILES string of the molecule is Cc1cc(NC(=O)[C@@H](C)[NH+]2CC[NH+](Cc3ccc4c(c3)OCO4)CC2)no1. The van der Waals surface area contributed by atoms with Gasteiger partial charge in [-0.1, -0.05) is 5.16 Å². The molecule has 4 rings (SSSR count). The Morgan fingerprint density at radius 3 is 2.70 bits per heavy atom. The van der Waals surface area contributed by atoms with E-state index < -0.39 is 0 Å². The van der Waals surface area contributed by atoms with Crippen LogP contribution in [0.15, 0.2) is 28.8 Å². The first kappa shape index (κ1) is 17.8. The van der Waals surface area contributed by atoms with Crippen molar-refractivity contribution in [2.45, 2.75) is 26.4 Å². The van der Waals surface area contributed by atoms with Gasteiger partial charge in [0.2, 0.25) is 6.79 Å². The van der Waals surface area contributed by atoms with Crippen LogP contribution in [0.1, 0.15) is 18.2 Å². The van der Waals surface area contributed by atoms with Crippen molar-refractivity contribution in [3.8, 4) is 11.5 Å². The zero-order valence-corrected chi connectivity index (χ0v) is 15.7. The van der Waals surface area contributed by atoms with E-state index in [9.17, 15) is 4.79 Å². The van der Waals surface area contributed by atoms with Crippen molar-refractivity contribution in [2.24, 2.45) is 0 Å². The van der Waals surface area contributed by atoms with Gasteiger partial charge in [-0.3, -0.25) is 4.79 Å². The van der Waals surface area contributed by atoms with E-state index in [1.807, 2.05) is 13.0 Å². The fraction of sp³-hybridized carbons (Fsp3) is 0.474. The van der Waals surface area contributed by atoms with Crippen LogP contribution in [0.5, 0.6) is 11.5 Å². The highest BCUT2D eigenvalue weighted by atomic mass is 16.7. The van der Waals surface area contributed by atoms with Crippen molar-refractivity contribution in [3.63, 3.8) is 0 Å². The van der Waals surface area contributed by atoms with Crippen molar-refractivity contribution in [3.05, 3.63) is 35.6 Å². The molecule has 144 valence electrons. The second-order valence-corrected chi connectivity index (χ2v) is 7.31. The molecule has 1 amide bonds. The topological polar surface area (TPSA) is 82.5 Å². The second kappa shape index (κ2) is 7.58. The molecule has 0 radical (unpaired) electrons. The van der Waals surface area contributed by atoms with Crippen LogP contribution in [-0.4, -0.2) is 50.1 Å². The summed E-state index contributed by atoms with van der Waals surface area (Å²) in [7, 11) is 0. The van der Waals surface area contributed by atoms with Crippen LogP contribution in [0.3, 0.4) is 0 Å². The number of aromatic nitrogens is 1. The highest BCUT2D eigenvalue weighted by Gasteiger charge is 2.31. The summed E-state index contributed by atoms with van der Waals surface area (Å²) in [5.41, 5.74) is 1.25. The summed E-state index contributed by atoms with van der Waals surface area (Å²) >= 11 is 0. The first-order valence-corrected chi connectivity index (χ1v) is 9.39. The molecule has 3 N–H and O–H groups in total. The van der Waals surface area contributed by atoms with Gasteiger partial charge >= 0.3 is 0 Å². The Morgan fingerprint density at radius 2 is 1.96 bits per heavy atom. The normalized spacial score (nSPS) is 22.4. The van der Waals surface area contributed by atoms with Gasteiger partial charge in [0.15, 0.2) is 23.4 Å². The van der Waals surface area contributed by atoms with Crippen molar-refractivity contribution >= 4 is 11.7 Å². The summed E-state index contributed by atoms with van der Waals surface area (Å²) in [4.78, 5) is 15.3. The number of anilines is 1. The average molecular weight is 374 g/mol. The van der Waals surface area contributed by atoms with Gasteiger partial charge in [-0.05, 0) is 32.0 Å². The maximum atomic E-state index is 12.5. The fourth-order valence-electron chi connectivity index (χ4n) is 3.72. The molecule has 2 aromatic rings. The second-order valence-electron chi connectivity index (χ2n) is 7.31. The van der Waals surface area contributed by atoms with Gasteiger partial charge in [0.1, 0.15) is 38.5 Å². The number of carbonyl (C=O) groups is 1. The van der Waals surface area contributed by atoms with E-state index >= 15 is 0 Å². The Kier molecular flexibility index (Phi) is 5.00. The van der Waals surface area contributed by atoms with Crippen LogP contribution >= 0.6 is 0 Å². The standard InChI is InChI=1S/C19H24N4O4/c1-13-9-18(21-27-13)20-19(24)14(2)23-7-5-22(6-8-23)11-15-3-4-16-17(10-15)26-12-25-16/h3-4,9-10,14H,5-8,11-12H2,1-2H3,(H,20,21,24)/p+2/t14-/m1/s1. The van der Waals surface area contributed by atoms with E-state index in [1.165, 1.54) is 15.4 Å². The largest absolute Gasteiger partial charge is 0.454 e. The molecule has 2 aliphatic rings. The number of fused-ring (bicyclic) bond motifs is 1. The molecule has 27 heavy (non-hydrogen) atoms. The molecule has 8 nitrogen and oxygen atoms in total. The molecular formula is C19H26N4O4+2. The van der Waals surface area contributed by atoms with Crippen LogP contribution in [0, 0.1) is 6.92 Å². The van der Waals surface area contributed by atoms with Crippen molar-refractivity contribution in [1.29, 1.82) is 0 Å². The maximum absolute atomic E-state index is 12.5. The van der Waals surface area contributed by atoms with E-state index in [4.69, 9.17) is 14.0 Å². The van der Waals surface area contributed by atoms with Gasteiger partial charge in [-0.25, -0.2) is 0 Å². The number of piperazine rings is 1. The molecule has 3 heterocycles. The number of carbonyl (C=O) groups excluding carboxylic acids is 1. The molecule has 2 aliphatic heterocycles. The summed E-state index contributed by atoms with van der Waals surface area (Å²) in [6.45, 7) is 9.04. The Balaban J connectivity index is 1.27. The molecule has 1 aromatic carbocycles. The lowest BCUT2D eigenvalue weighted by Gasteiger charge is -2.32. The number of amides is 1. The Morgan fingerprint density at radius 1 is 1.19 bits per heavy atom. The first-order chi connectivity index (χ1) is 13.1.